The van der Waals surface area contributed by atoms with Crippen LogP contribution in [-0.4, -0.2) is 11.1 Å². The molecule has 1 aromatic carbocycles. The quantitative estimate of drug-likeness (QED) is 0.806. The molecular formula is C13H18O2. The minimum absolute atomic E-state index is 0.107. The molecule has 0 fully saturated rings. The Morgan fingerprint density at radius 3 is 2.40 bits per heavy atom. The number of aromatic carboxylic acids is 1. The summed E-state index contributed by atoms with van der Waals surface area (Å²) in [5.74, 6) is -0.835. The van der Waals surface area contributed by atoms with Crippen LogP contribution in [0.1, 0.15) is 42.3 Å². The molecule has 1 aromatic rings. The van der Waals surface area contributed by atoms with E-state index in [-0.39, 0.29) is 5.41 Å². The minimum atomic E-state index is -0.835. The molecule has 1 rings (SSSR count). The minimum Gasteiger partial charge on any atom is -0.478 e. The molecule has 82 valence electrons. The van der Waals surface area contributed by atoms with Crippen LogP contribution in [0.4, 0.5) is 0 Å². The largest absolute Gasteiger partial charge is 0.478 e. The van der Waals surface area contributed by atoms with Crippen molar-refractivity contribution >= 4 is 5.97 Å². The molecule has 0 amide bonds. The van der Waals surface area contributed by atoms with Gasteiger partial charge in [-0.3, -0.25) is 0 Å². The zero-order valence-electron chi connectivity index (χ0n) is 9.79. The molecule has 0 aliphatic rings. The van der Waals surface area contributed by atoms with E-state index in [1.165, 1.54) is 0 Å². The third kappa shape index (κ3) is 3.08. The summed E-state index contributed by atoms with van der Waals surface area (Å²) in [7, 11) is 0. The van der Waals surface area contributed by atoms with Gasteiger partial charge in [-0.15, -0.1) is 0 Å². The summed E-state index contributed by atoms with van der Waals surface area (Å²) in [6, 6.07) is 5.44. The number of carboxylic acids is 1. The average molecular weight is 206 g/mol. The molecule has 0 heterocycles. The fraction of sp³-hybridized carbons (Fsp3) is 0.462. The van der Waals surface area contributed by atoms with Gasteiger partial charge in [0.2, 0.25) is 0 Å². The Bertz CT molecular complexity index is 373. The molecule has 0 aliphatic carbocycles. The van der Waals surface area contributed by atoms with Crippen molar-refractivity contribution in [2.45, 2.75) is 34.1 Å². The van der Waals surface area contributed by atoms with Gasteiger partial charge in [-0.25, -0.2) is 4.79 Å². The van der Waals surface area contributed by atoms with Crippen molar-refractivity contribution in [2.75, 3.05) is 0 Å². The summed E-state index contributed by atoms with van der Waals surface area (Å²) in [6.07, 6.45) is 0.793. The van der Waals surface area contributed by atoms with Crippen LogP contribution in [0.2, 0.25) is 0 Å². The summed E-state index contributed by atoms with van der Waals surface area (Å²) < 4.78 is 0. The van der Waals surface area contributed by atoms with Crippen LogP contribution in [0.15, 0.2) is 18.2 Å². The average Bonchev–Trinajstić information content (AvgIpc) is 2.05. The van der Waals surface area contributed by atoms with Gasteiger partial charge in [-0.2, -0.15) is 0 Å². The van der Waals surface area contributed by atoms with Crippen molar-refractivity contribution in [3.05, 3.63) is 34.9 Å². The maximum absolute atomic E-state index is 11.1. The van der Waals surface area contributed by atoms with E-state index in [0.29, 0.717) is 5.56 Å². The molecule has 2 heteroatoms. The van der Waals surface area contributed by atoms with Gasteiger partial charge in [0.1, 0.15) is 0 Å². The van der Waals surface area contributed by atoms with Gasteiger partial charge in [0, 0.05) is 0 Å². The Balaban J connectivity index is 3.19. The van der Waals surface area contributed by atoms with Gasteiger partial charge in [0.25, 0.3) is 0 Å². The van der Waals surface area contributed by atoms with Gasteiger partial charge in [0.05, 0.1) is 5.56 Å². The molecule has 0 atom stereocenters. The molecule has 1 N–H and O–H groups in total. The maximum Gasteiger partial charge on any atom is 0.335 e. The van der Waals surface area contributed by atoms with Crippen LogP contribution in [0.3, 0.4) is 0 Å². The third-order valence-corrected chi connectivity index (χ3v) is 2.35. The summed E-state index contributed by atoms with van der Waals surface area (Å²) in [5.41, 5.74) is 2.56. The SMILES string of the molecule is Cc1cccc(C(=O)O)c1CC(C)(C)C. The molecule has 0 aliphatic heterocycles. The van der Waals surface area contributed by atoms with E-state index in [9.17, 15) is 4.79 Å². The van der Waals surface area contributed by atoms with E-state index < -0.39 is 5.97 Å². The molecule has 0 aromatic heterocycles. The fourth-order valence-corrected chi connectivity index (χ4v) is 1.67. The molecule has 0 bridgehead atoms. The molecule has 0 spiro atoms. The van der Waals surface area contributed by atoms with Crippen molar-refractivity contribution in [3.8, 4) is 0 Å². The summed E-state index contributed by atoms with van der Waals surface area (Å²) in [6.45, 7) is 8.31. The summed E-state index contributed by atoms with van der Waals surface area (Å²) in [4.78, 5) is 11.1. The molecule has 0 saturated heterocycles. The van der Waals surface area contributed by atoms with E-state index in [1.54, 1.807) is 12.1 Å². The van der Waals surface area contributed by atoms with Crippen molar-refractivity contribution in [1.29, 1.82) is 0 Å². The number of carboxylic acid groups (broad SMARTS) is 1. The lowest BCUT2D eigenvalue weighted by molar-refractivity contribution is 0.0695. The Morgan fingerprint density at radius 2 is 1.93 bits per heavy atom. The topological polar surface area (TPSA) is 37.3 Å². The smallest absolute Gasteiger partial charge is 0.335 e. The highest BCUT2D eigenvalue weighted by Crippen LogP contribution is 2.25. The van der Waals surface area contributed by atoms with Crippen LogP contribution < -0.4 is 0 Å². The van der Waals surface area contributed by atoms with Gasteiger partial charge in [-0.05, 0) is 36.0 Å². The van der Waals surface area contributed by atoms with E-state index in [4.69, 9.17) is 5.11 Å². The van der Waals surface area contributed by atoms with E-state index >= 15 is 0 Å². The van der Waals surface area contributed by atoms with E-state index in [2.05, 4.69) is 20.8 Å². The van der Waals surface area contributed by atoms with Crippen molar-refractivity contribution < 1.29 is 9.90 Å². The van der Waals surface area contributed by atoms with E-state index in [0.717, 1.165) is 17.5 Å². The Morgan fingerprint density at radius 1 is 1.33 bits per heavy atom. The van der Waals surface area contributed by atoms with Crippen LogP contribution >= 0.6 is 0 Å². The van der Waals surface area contributed by atoms with Crippen molar-refractivity contribution in [3.63, 3.8) is 0 Å². The van der Waals surface area contributed by atoms with Crippen molar-refractivity contribution in [2.24, 2.45) is 5.41 Å². The summed E-state index contributed by atoms with van der Waals surface area (Å²) >= 11 is 0. The normalized spacial score (nSPS) is 11.5. The second-order valence-electron chi connectivity index (χ2n) is 5.14. The lowest BCUT2D eigenvalue weighted by Crippen LogP contribution is -2.14. The lowest BCUT2D eigenvalue weighted by atomic mass is 9.84. The second-order valence-corrected chi connectivity index (χ2v) is 5.14. The van der Waals surface area contributed by atoms with Crippen LogP contribution in [0.5, 0.6) is 0 Å². The number of aryl methyl sites for hydroxylation is 1. The molecule has 0 radical (unpaired) electrons. The van der Waals surface area contributed by atoms with Gasteiger partial charge < -0.3 is 5.11 Å². The predicted molar refractivity (Wildman–Crippen MR) is 61.3 cm³/mol. The van der Waals surface area contributed by atoms with Crippen LogP contribution in [-0.2, 0) is 6.42 Å². The van der Waals surface area contributed by atoms with E-state index in [1.807, 2.05) is 13.0 Å². The second kappa shape index (κ2) is 4.05. The molecule has 15 heavy (non-hydrogen) atoms. The number of hydrogen-bond acceptors (Lipinski definition) is 1. The lowest BCUT2D eigenvalue weighted by Gasteiger charge is -2.21. The molecule has 2 nitrogen and oxygen atoms in total. The highest BCUT2D eigenvalue weighted by molar-refractivity contribution is 5.89. The highest BCUT2D eigenvalue weighted by atomic mass is 16.4. The van der Waals surface area contributed by atoms with Crippen LogP contribution in [0, 0.1) is 12.3 Å². The maximum atomic E-state index is 11.1. The molecular weight excluding hydrogens is 188 g/mol. The molecule has 0 saturated carbocycles. The number of carbonyl (C=O) groups is 1. The standard InChI is InChI=1S/C13H18O2/c1-9-6-5-7-10(12(14)15)11(9)8-13(2,3)4/h5-7H,8H2,1-4H3,(H,14,15). The molecule has 0 unspecified atom stereocenters. The first kappa shape index (κ1) is 11.8. The van der Waals surface area contributed by atoms with Crippen LogP contribution in [0.25, 0.3) is 0 Å². The van der Waals surface area contributed by atoms with Gasteiger partial charge in [0.15, 0.2) is 0 Å². The Labute approximate surface area is 90.9 Å². The first-order valence-corrected chi connectivity index (χ1v) is 5.13. The zero-order chi connectivity index (χ0) is 11.6. The van der Waals surface area contributed by atoms with Crippen molar-refractivity contribution in [1.82, 2.24) is 0 Å². The summed E-state index contributed by atoms with van der Waals surface area (Å²) in [5, 5.41) is 9.09. The highest BCUT2D eigenvalue weighted by Gasteiger charge is 2.18. The Hall–Kier alpha value is -1.31. The third-order valence-electron chi connectivity index (χ3n) is 2.35. The number of hydrogen-bond donors (Lipinski definition) is 1. The predicted octanol–water partition coefficient (Wildman–Crippen LogP) is 3.28. The first-order chi connectivity index (χ1) is 6.81. The number of rotatable bonds is 2. The first-order valence-electron chi connectivity index (χ1n) is 5.13. The van der Waals surface area contributed by atoms with Gasteiger partial charge in [-0.1, -0.05) is 32.9 Å². The zero-order valence-corrected chi connectivity index (χ0v) is 9.79. The fourth-order valence-electron chi connectivity index (χ4n) is 1.67. The van der Waals surface area contributed by atoms with Gasteiger partial charge >= 0.3 is 5.97 Å². The Kier molecular flexibility index (Phi) is 3.18. The monoisotopic (exact) mass is 206 g/mol. The number of benzene rings is 1.